The van der Waals surface area contributed by atoms with Crippen LogP contribution in [0, 0.1) is 13.8 Å². The quantitative estimate of drug-likeness (QED) is 0.461. The number of rotatable bonds is 5. The van der Waals surface area contributed by atoms with Gasteiger partial charge in [-0.15, -0.1) is 10.2 Å². The number of aryl methyl sites for hydroxylation is 2. The van der Waals surface area contributed by atoms with E-state index in [2.05, 4.69) is 19.9 Å². The van der Waals surface area contributed by atoms with Crippen LogP contribution in [0.5, 0.6) is 0 Å². The van der Waals surface area contributed by atoms with Gasteiger partial charge in [0.25, 0.3) is 0 Å². The minimum atomic E-state index is -1.38. The van der Waals surface area contributed by atoms with E-state index in [4.69, 9.17) is 5.10 Å². The summed E-state index contributed by atoms with van der Waals surface area (Å²) in [4.78, 5) is 4.80. The molecule has 3 heterocycles. The highest BCUT2D eigenvalue weighted by Crippen LogP contribution is 2.26. The normalized spacial score (nSPS) is 12.5. The van der Waals surface area contributed by atoms with Crippen LogP contribution in [0.1, 0.15) is 16.8 Å². The summed E-state index contributed by atoms with van der Waals surface area (Å²) in [6, 6.07) is 17.6. The zero-order valence-corrected chi connectivity index (χ0v) is 17.9. The summed E-state index contributed by atoms with van der Waals surface area (Å²) in [5.41, 5.74) is 4.32. The number of hydrogen-bond acceptors (Lipinski definition) is 5. The highest BCUT2D eigenvalue weighted by Gasteiger charge is 2.16. The van der Waals surface area contributed by atoms with Gasteiger partial charge in [0.2, 0.25) is 0 Å². The first-order valence-electron chi connectivity index (χ1n) is 9.88. The highest BCUT2D eigenvalue weighted by atomic mass is 32.2. The van der Waals surface area contributed by atoms with Gasteiger partial charge in [-0.2, -0.15) is 9.61 Å². The SMILES string of the molecule is Cc1ccc(-c2nnc3c4ccccc4c(C)nn23)cc1S(=O)NCc1cccnc1. The summed E-state index contributed by atoms with van der Waals surface area (Å²) in [6.45, 7) is 4.38. The van der Waals surface area contributed by atoms with Crippen molar-refractivity contribution in [3.05, 3.63) is 83.8 Å². The maximum atomic E-state index is 13.0. The first-order valence-corrected chi connectivity index (χ1v) is 11.0. The summed E-state index contributed by atoms with van der Waals surface area (Å²) >= 11 is 0. The van der Waals surface area contributed by atoms with E-state index >= 15 is 0 Å². The zero-order valence-electron chi connectivity index (χ0n) is 17.1. The molecule has 154 valence electrons. The van der Waals surface area contributed by atoms with Crippen molar-refractivity contribution in [2.24, 2.45) is 0 Å². The molecule has 0 radical (unpaired) electrons. The molecule has 0 bridgehead atoms. The first kappa shape index (κ1) is 19.5. The first-order chi connectivity index (χ1) is 15.1. The van der Waals surface area contributed by atoms with E-state index in [-0.39, 0.29) is 0 Å². The van der Waals surface area contributed by atoms with Gasteiger partial charge in [-0.1, -0.05) is 42.5 Å². The molecule has 3 aromatic heterocycles. The number of hydrogen-bond donors (Lipinski definition) is 1. The van der Waals surface area contributed by atoms with Crippen molar-refractivity contribution >= 4 is 27.4 Å². The van der Waals surface area contributed by atoms with Gasteiger partial charge in [0, 0.05) is 35.3 Å². The molecule has 0 spiro atoms. The van der Waals surface area contributed by atoms with Crippen molar-refractivity contribution in [2.75, 3.05) is 0 Å². The molecule has 0 aliphatic carbocycles. The van der Waals surface area contributed by atoms with Gasteiger partial charge in [0.1, 0.15) is 11.0 Å². The van der Waals surface area contributed by atoms with Gasteiger partial charge < -0.3 is 0 Å². The van der Waals surface area contributed by atoms with Crippen molar-refractivity contribution in [1.82, 2.24) is 29.5 Å². The summed E-state index contributed by atoms with van der Waals surface area (Å²) in [7, 11) is -1.38. The lowest BCUT2D eigenvalue weighted by Gasteiger charge is -2.10. The second-order valence-corrected chi connectivity index (χ2v) is 8.59. The van der Waals surface area contributed by atoms with Crippen LogP contribution >= 0.6 is 0 Å². The molecule has 5 aromatic rings. The van der Waals surface area contributed by atoms with E-state index in [1.807, 2.05) is 68.4 Å². The molecular weight excluding hydrogens is 408 g/mol. The lowest BCUT2D eigenvalue weighted by molar-refractivity contribution is 0.671. The number of pyridine rings is 1. The third-order valence-electron chi connectivity index (χ3n) is 5.22. The highest BCUT2D eigenvalue weighted by molar-refractivity contribution is 7.83. The van der Waals surface area contributed by atoms with E-state index in [1.165, 1.54) is 0 Å². The largest absolute Gasteiger partial charge is 0.264 e. The number of aromatic nitrogens is 5. The molecule has 0 fully saturated rings. The van der Waals surface area contributed by atoms with Gasteiger partial charge in [-0.25, -0.2) is 8.93 Å². The number of fused-ring (bicyclic) bond motifs is 3. The van der Waals surface area contributed by atoms with Crippen LogP contribution in [0.3, 0.4) is 0 Å². The molecule has 0 aliphatic rings. The Hall–Kier alpha value is -3.49. The maximum Gasteiger partial charge on any atom is 0.186 e. The minimum absolute atomic E-state index is 0.463. The molecule has 0 amide bonds. The maximum absolute atomic E-state index is 13.0. The van der Waals surface area contributed by atoms with Crippen LogP contribution in [-0.2, 0) is 17.5 Å². The molecule has 0 aliphatic heterocycles. The molecule has 0 saturated carbocycles. The van der Waals surface area contributed by atoms with E-state index in [1.54, 1.807) is 16.9 Å². The Bertz CT molecular complexity index is 1430. The second kappa shape index (κ2) is 7.98. The molecule has 0 saturated heterocycles. The monoisotopic (exact) mass is 428 g/mol. The van der Waals surface area contributed by atoms with Crippen LogP contribution < -0.4 is 4.72 Å². The molecule has 2 aromatic carbocycles. The van der Waals surface area contributed by atoms with E-state index in [0.717, 1.165) is 33.2 Å². The van der Waals surface area contributed by atoms with Gasteiger partial charge >= 0.3 is 0 Å². The van der Waals surface area contributed by atoms with E-state index in [9.17, 15) is 4.21 Å². The topological polar surface area (TPSA) is 85.1 Å². The molecule has 7 nitrogen and oxygen atoms in total. The predicted octanol–water partition coefficient (Wildman–Crippen LogP) is 3.77. The molecule has 1 N–H and O–H groups in total. The summed E-state index contributed by atoms with van der Waals surface area (Å²) in [5, 5.41) is 15.6. The fourth-order valence-corrected chi connectivity index (χ4v) is 4.64. The molecule has 5 rings (SSSR count). The average Bonchev–Trinajstić information content (AvgIpc) is 3.22. The Labute approximate surface area is 181 Å². The third-order valence-corrected chi connectivity index (χ3v) is 6.47. The standard InChI is InChI=1S/C23H20N6OS/c1-15-9-10-18(12-21(15)31(30)25-14-17-6-5-11-24-13-17)22-26-27-23-20-8-4-3-7-19(20)16(2)28-29(22)23/h3-13,25H,14H2,1-2H3. The number of nitrogens with one attached hydrogen (secondary N) is 1. The van der Waals surface area contributed by atoms with Crippen molar-refractivity contribution < 1.29 is 4.21 Å². The van der Waals surface area contributed by atoms with Gasteiger partial charge in [0.05, 0.1) is 10.6 Å². The van der Waals surface area contributed by atoms with Crippen molar-refractivity contribution in [3.63, 3.8) is 0 Å². The van der Waals surface area contributed by atoms with Gasteiger partial charge in [0.15, 0.2) is 11.5 Å². The fourth-order valence-electron chi connectivity index (χ4n) is 3.59. The molecule has 1 atom stereocenters. The van der Waals surface area contributed by atoms with Crippen molar-refractivity contribution in [3.8, 4) is 11.4 Å². The summed E-state index contributed by atoms with van der Waals surface area (Å²) < 4.78 is 17.8. The Morgan fingerprint density at radius 3 is 2.65 bits per heavy atom. The number of nitrogens with zero attached hydrogens (tertiary/aromatic N) is 5. The summed E-state index contributed by atoms with van der Waals surface area (Å²) in [6.07, 6.45) is 3.48. The van der Waals surface area contributed by atoms with Crippen LogP contribution in [0.4, 0.5) is 0 Å². The Balaban J connectivity index is 1.53. The van der Waals surface area contributed by atoms with Gasteiger partial charge in [-0.05, 0) is 37.1 Å². The number of benzene rings is 2. The average molecular weight is 429 g/mol. The molecule has 31 heavy (non-hydrogen) atoms. The lowest BCUT2D eigenvalue weighted by atomic mass is 10.1. The van der Waals surface area contributed by atoms with Crippen LogP contribution in [0.2, 0.25) is 0 Å². The molecule has 1 unspecified atom stereocenters. The smallest absolute Gasteiger partial charge is 0.186 e. The molecular formula is C23H20N6OS. The van der Waals surface area contributed by atoms with Gasteiger partial charge in [-0.3, -0.25) is 4.98 Å². The minimum Gasteiger partial charge on any atom is -0.264 e. The van der Waals surface area contributed by atoms with Crippen LogP contribution in [0.25, 0.3) is 27.8 Å². The van der Waals surface area contributed by atoms with Crippen LogP contribution in [-0.4, -0.2) is 29.0 Å². The Morgan fingerprint density at radius 1 is 1.00 bits per heavy atom. The zero-order chi connectivity index (χ0) is 21.4. The Morgan fingerprint density at radius 2 is 1.84 bits per heavy atom. The molecule has 8 heteroatoms. The fraction of sp³-hybridized carbons (Fsp3) is 0.130. The van der Waals surface area contributed by atoms with Crippen molar-refractivity contribution in [2.45, 2.75) is 25.3 Å². The van der Waals surface area contributed by atoms with E-state index < -0.39 is 11.0 Å². The predicted molar refractivity (Wildman–Crippen MR) is 121 cm³/mol. The van der Waals surface area contributed by atoms with Crippen molar-refractivity contribution in [1.29, 1.82) is 0 Å². The second-order valence-electron chi connectivity index (χ2n) is 7.32. The third kappa shape index (κ3) is 3.60. The summed E-state index contributed by atoms with van der Waals surface area (Å²) in [5.74, 6) is 0.620. The lowest BCUT2D eigenvalue weighted by Crippen LogP contribution is -2.17. The van der Waals surface area contributed by atoms with Crippen LogP contribution in [0.15, 0.2) is 71.9 Å². The Kier molecular flexibility index (Phi) is 5.01. The van der Waals surface area contributed by atoms with E-state index in [0.29, 0.717) is 22.9 Å².